The van der Waals surface area contributed by atoms with Crippen LogP contribution >= 0.6 is 0 Å². The summed E-state index contributed by atoms with van der Waals surface area (Å²) in [4.78, 5) is 0. The van der Waals surface area contributed by atoms with E-state index in [1.165, 1.54) is 6.42 Å². The lowest BCUT2D eigenvalue weighted by Gasteiger charge is -2.29. The predicted octanol–water partition coefficient (Wildman–Crippen LogP) is 2.65. The quantitative estimate of drug-likeness (QED) is 0.827. The molecule has 1 aliphatic carbocycles. The average molecular weight is 237 g/mol. The van der Waals surface area contributed by atoms with Crippen molar-refractivity contribution in [2.24, 2.45) is 5.92 Å². The minimum absolute atomic E-state index is 0.292. The van der Waals surface area contributed by atoms with E-state index in [1.807, 2.05) is 19.9 Å². The first kappa shape index (κ1) is 12.7. The van der Waals surface area contributed by atoms with E-state index in [1.54, 1.807) is 6.92 Å². The minimum atomic E-state index is -0.389. The topological polar surface area (TPSA) is 45.4 Å². The Balaban J connectivity index is 1.89. The molecule has 1 aliphatic rings. The third-order valence-corrected chi connectivity index (χ3v) is 3.92. The number of nitrogens with one attached hydrogen (secondary N) is 1. The molecule has 0 aromatic carbocycles. The molecule has 3 nitrogen and oxygen atoms in total. The zero-order valence-electron chi connectivity index (χ0n) is 11.2. The maximum absolute atomic E-state index is 9.60. The first-order chi connectivity index (χ1) is 7.90. The van der Waals surface area contributed by atoms with Crippen LogP contribution in [-0.4, -0.2) is 16.7 Å². The summed E-state index contributed by atoms with van der Waals surface area (Å²) in [6, 6.07) is 4.12. The monoisotopic (exact) mass is 237 g/mol. The predicted molar refractivity (Wildman–Crippen MR) is 67.8 cm³/mol. The van der Waals surface area contributed by atoms with Crippen molar-refractivity contribution in [1.29, 1.82) is 0 Å². The van der Waals surface area contributed by atoms with Gasteiger partial charge in [-0.2, -0.15) is 0 Å². The van der Waals surface area contributed by atoms with Gasteiger partial charge < -0.3 is 14.8 Å². The van der Waals surface area contributed by atoms with Gasteiger partial charge in [0.25, 0.3) is 0 Å². The van der Waals surface area contributed by atoms with E-state index >= 15 is 0 Å². The zero-order chi connectivity index (χ0) is 12.6. The molecule has 3 unspecified atom stereocenters. The summed E-state index contributed by atoms with van der Waals surface area (Å²) in [5.41, 5.74) is -0.292. The Morgan fingerprint density at radius 3 is 2.71 bits per heavy atom. The molecule has 3 atom stereocenters. The Hall–Kier alpha value is -0.800. The fraction of sp³-hybridized carbons (Fsp3) is 0.714. The zero-order valence-corrected chi connectivity index (χ0v) is 11.2. The molecule has 1 fully saturated rings. The first-order valence-electron chi connectivity index (χ1n) is 6.42. The molecular formula is C14H23NO2. The number of hydrogen-bond acceptors (Lipinski definition) is 3. The highest BCUT2D eigenvalue weighted by Gasteiger charge is 2.36. The summed E-state index contributed by atoms with van der Waals surface area (Å²) in [7, 11) is 0. The molecule has 2 rings (SSSR count). The number of aliphatic hydroxyl groups is 1. The number of hydrogen-bond donors (Lipinski definition) is 2. The molecule has 0 aliphatic heterocycles. The molecule has 0 radical (unpaired) electrons. The van der Waals surface area contributed by atoms with Gasteiger partial charge in [-0.25, -0.2) is 0 Å². The molecule has 1 saturated carbocycles. The molecule has 1 heterocycles. The van der Waals surface area contributed by atoms with Crippen molar-refractivity contribution >= 4 is 0 Å². The van der Waals surface area contributed by atoms with Crippen LogP contribution < -0.4 is 5.32 Å². The highest BCUT2D eigenvalue weighted by molar-refractivity contribution is 5.17. The van der Waals surface area contributed by atoms with Crippen LogP contribution in [0.2, 0.25) is 0 Å². The highest BCUT2D eigenvalue weighted by Crippen LogP contribution is 2.47. The second-order valence-corrected chi connectivity index (χ2v) is 5.87. The molecule has 2 N–H and O–H groups in total. The summed E-state index contributed by atoms with van der Waals surface area (Å²) >= 11 is 0. The van der Waals surface area contributed by atoms with Crippen LogP contribution in [0.4, 0.5) is 0 Å². The van der Waals surface area contributed by atoms with E-state index in [0.717, 1.165) is 17.4 Å². The fourth-order valence-corrected chi connectivity index (χ4v) is 1.87. The van der Waals surface area contributed by atoms with E-state index in [2.05, 4.69) is 18.3 Å². The molecule has 0 bridgehead atoms. The summed E-state index contributed by atoms with van der Waals surface area (Å²) in [5, 5.41) is 12.9. The van der Waals surface area contributed by atoms with E-state index in [9.17, 15) is 5.11 Å². The van der Waals surface area contributed by atoms with Crippen molar-refractivity contribution < 1.29 is 9.52 Å². The summed E-state index contributed by atoms with van der Waals surface area (Å²) in [6.07, 6.45) is 0.861. The lowest BCUT2D eigenvalue weighted by molar-refractivity contribution is 0.0941. The lowest BCUT2D eigenvalue weighted by Crippen LogP contribution is -2.47. The molecule has 96 valence electrons. The summed E-state index contributed by atoms with van der Waals surface area (Å²) < 4.78 is 5.81. The molecule has 3 heteroatoms. The van der Waals surface area contributed by atoms with Gasteiger partial charge >= 0.3 is 0 Å². The maximum atomic E-state index is 9.60. The number of rotatable bonds is 5. The van der Waals surface area contributed by atoms with Gasteiger partial charge in [0.15, 0.2) is 0 Å². The van der Waals surface area contributed by atoms with Crippen LogP contribution in [0.25, 0.3) is 0 Å². The lowest BCUT2D eigenvalue weighted by atomic mass is 9.99. The van der Waals surface area contributed by atoms with Crippen molar-refractivity contribution in [2.45, 2.75) is 58.2 Å². The van der Waals surface area contributed by atoms with E-state index < -0.39 is 0 Å². The Bertz CT molecular complexity index is 381. The molecule has 17 heavy (non-hydrogen) atoms. The van der Waals surface area contributed by atoms with Crippen LogP contribution in [0.1, 0.15) is 51.6 Å². The van der Waals surface area contributed by atoms with Gasteiger partial charge in [0, 0.05) is 11.5 Å². The second-order valence-electron chi connectivity index (χ2n) is 5.87. The third-order valence-electron chi connectivity index (χ3n) is 3.92. The van der Waals surface area contributed by atoms with E-state index in [0.29, 0.717) is 12.5 Å². The number of aliphatic hydroxyl groups excluding tert-OH is 1. The molecule has 1 aromatic rings. The Kier molecular flexibility index (Phi) is 3.32. The largest absolute Gasteiger partial charge is 0.464 e. The van der Waals surface area contributed by atoms with Gasteiger partial charge in [0.2, 0.25) is 0 Å². The van der Waals surface area contributed by atoms with Crippen LogP contribution in [0.5, 0.6) is 0 Å². The van der Waals surface area contributed by atoms with Crippen LogP contribution in [0.3, 0.4) is 0 Å². The molecule has 0 amide bonds. The van der Waals surface area contributed by atoms with Crippen molar-refractivity contribution in [2.75, 3.05) is 0 Å². The molecular weight excluding hydrogens is 214 g/mol. The first-order valence-corrected chi connectivity index (χ1v) is 6.42. The van der Waals surface area contributed by atoms with Crippen molar-refractivity contribution in [3.63, 3.8) is 0 Å². The van der Waals surface area contributed by atoms with E-state index in [4.69, 9.17) is 4.42 Å². The van der Waals surface area contributed by atoms with Gasteiger partial charge in [-0.3, -0.25) is 0 Å². The standard InChI is InChI=1S/C14H23NO2/c1-9-7-12(9)13-6-5-11(17-13)8-15-14(3,4)10(2)16/h5-6,9-10,12,15-16H,7-8H2,1-4H3. The van der Waals surface area contributed by atoms with Gasteiger partial charge in [0.05, 0.1) is 12.6 Å². The van der Waals surface area contributed by atoms with Gasteiger partial charge in [0.1, 0.15) is 11.5 Å². The maximum Gasteiger partial charge on any atom is 0.117 e. The normalized spacial score (nSPS) is 25.9. The van der Waals surface area contributed by atoms with Crippen LogP contribution in [0.15, 0.2) is 16.5 Å². The van der Waals surface area contributed by atoms with Gasteiger partial charge in [-0.1, -0.05) is 6.92 Å². The van der Waals surface area contributed by atoms with Crippen molar-refractivity contribution in [3.8, 4) is 0 Å². The third kappa shape index (κ3) is 2.90. The Morgan fingerprint density at radius 1 is 1.53 bits per heavy atom. The van der Waals surface area contributed by atoms with Crippen LogP contribution in [0, 0.1) is 5.92 Å². The molecule has 1 aromatic heterocycles. The van der Waals surface area contributed by atoms with Crippen LogP contribution in [-0.2, 0) is 6.54 Å². The summed E-state index contributed by atoms with van der Waals surface area (Å²) in [5.74, 6) is 3.47. The second kappa shape index (κ2) is 4.46. The van der Waals surface area contributed by atoms with Gasteiger partial charge in [-0.15, -0.1) is 0 Å². The minimum Gasteiger partial charge on any atom is -0.464 e. The summed E-state index contributed by atoms with van der Waals surface area (Å²) in [6.45, 7) is 8.70. The van der Waals surface area contributed by atoms with Crippen molar-refractivity contribution in [3.05, 3.63) is 23.7 Å². The average Bonchev–Trinajstić information content (AvgIpc) is 2.80. The smallest absolute Gasteiger partial charge is 0.117 e. The number of furan rings is 1. The van der Waals surface area contributed by atoms with Gasteiger partial charge in [-0.05, 0) is 45.2 Å². The Morgan fingerprint density at radius 2 is 2.18 bits per heavy atom. The van der Waals surface area contributed by atoms with E-state index in [-0.39, 0.29) is 11.6 Å². The Labute approximate surface area is 103 Å². The van der Waals surface area contributed by atoms with Crippen molar-refractivity contribution in [1.82, 2.24) is 5.32 Å². The molecule has 0 spiro atoms. The highest BCUT2D eigenvalue weighted by atomic mass is 16.3. The SMILES string of the molecule is CC1CC1c1ccc(CNC(C)(C)C(C)O)o1. The fourth-order valence-electron chi connectivity index (χ4n) is 1.87. The molecule has 0 saturated heterocycles.